The summed E-state index contributed by atoms with van der Waals surface area (Å²) in [6.45, 7) is 0.628. The Morgan fingerprint density at radius 3 is 2.80 bits per heavy atom. The highest BCUT2D eigenvalue weighted by atomic mass is 35.5. The molecule has 4 heteroatoms. The molecule has 1 aliphatic heterocycles. The van der Waals surface area contributed by atoms with E-state index in [-0.39, 0.29) is 5.92 Å². The van der Waals surface area contributed by atoms with Crippen LogP contribution in [-0.4, -0.2) is 6.61 Å². The molecule has 1 heterocycles. The number of halogens is 2. The van der Waals surface area contributed by atoms with Gasteiger partial charge in [0.1, 0.15) is 5.75 Å². The molecule has 0 saturated heterocycles. The monoisotopic (exact) mass is 241 g/mol. The van der Waals surface area contributed by atoms with Gasteiger partial charge in [0, 0.05) is 11.6 Å². The standard InChI is InChI=1S/C11H9Cl2NO/c12-9-4-8-7(6-14)2-1-3-15-11(8)5-10(9)13/h4-5,7H,1-3H2. The van der Waals surface area contributed by atoms with E-state index >= 15 is 0 Å². The molecule has 78 valence electrons. The van der Waals surface area contributed by atoms with Gasteiger partial charge in [0.05, 0.1) is 28.6 Å². The Morgan fingerprint density at radius 1 is 1.33 bits per heavy atom. The number of hydrogen-bond acceptors (Lipinski definition) is 2. The summed E-state index contributed by atoms with van der Waals surface area (Å²) in [5, 5.41) is 9.98. The van der Waals surface area contributed by atoms with Gasteiger partial charge in [0.25, 0.3) is 0 Å². The van der Waals surface area contributed by atoms with Gasteiger partial charge in [0.2, 0.25) is 0 Å². The third-order valence-corrected chi connectivity index (χ3v) is 3.20. The SMILES string of the molecule is N#CC1CCCOc2cc(Cl)c(Cl)cc21. The van der Waals surface area contributed by atoms with E-state index in [1.54, 1.807) is 12.1 Å². The van der Waals surface area contributed by atoms with Crippen LogP contribution < -0.4 is 4.74 Å². The molecule has 0 fully saturated rings. The van der Waals surface area contributed by atoms with Crippen molar-refractivity contribution in [1.29, 1.82) is 5.26 Å². The maximum absolute atomic E-state index is 9.04. The molecule has 15 heavy (non-hydrogen) atoms. The molecule has 0 amide bonds. The van der Waals surface area contributed by atoms with Crippen LogP contribution in [0.15, 0.2) is 12.1 Å². The zero-order valence-electron chi connectivity index (χ0n) is 7.96. The Balaban J connectivity index is 2.52. The minimum absolute atomic E-state index is 0.141. The van der Waals surface area contributed by atoms with Gasteiger partial charge in [-0.15, -0.1) is 0 Å². The molecule has 0 aromatic heterocycles. The van der Waals surface area contributed by atoms with Crippen LogP contribution in [0, 0.1) is 11.3 Å². The van der Waals surface area contributed by atoms with E-state index in [0.717, 1.165) is 18.4 Å². The summed E-state index contributed by atoms with van der Waals surface area (Å²) in [7, 11) is 0. The summed E-state index contributed by atoms with van der Waals surface area (Å²) >= 11 is 11.8. The Labute approximate surface area is 98.4 Å². The quantitative estimate of drug-likeness (QED) is 0.693. The van der Waals surface area contributed by atoms with Gasteiger partial charge >= 0.3 is 0 Å². The van der Waals surface area contributed by atoms with E-state index in [1.165, 1.54) is 0 Å². The zero-order valence-corrected chi connectivity index (χ0v) is 9.48. The molecule has 1 atom stereocenters. The van der Waals surface area contributed by atoms with Crippen molar-refractivity contribution in [2.75, 3.05) is 6.61 Å². The second-order valence-corrected chi connectivity index (χ2v) is 4.29. The van der Waals surface area contributed by atoms with Crippen LogP contribution in [0.4, 0.5) is 0 Å². The van der Waals surface area contributed by atoms with E-state index in [2.05, 4.69) is 6.07 Å². The van der Waals surface area contributed by atoms with Gasteiger partial charge in [-0.2, -0.15) is 5.26 Å². The summed E-state index contributed by atoms with van der Waals surface area (Å²) in [5.74, 6) is 0.547. The largest absolute Gasteiger partial charge is 0.493 e. The van der Waals surface area contributed by atoms with Crippen molar-refractivity contribution in [2.45, 2.75) is 18.8 Å². The summed E-state index contributed by atoms with van der Waals surface area (Å²) in [4.78, 5) is 0. The molecule has 0 radical (unpaired) electrons. The molecule has 1 aromatic carbocycles. The first-order valence-corrected chi connectivity index (χ1v) is 5.49. The Kier molecular flexibility index (Phi) is 3.04. The molecular weight excluding hydrogens is 233 g/mol. The lowest BCUT2D eigenvalue weighted by Gasteiger charge is -2.10. The predicted molar refractivity (Wildman–Crippen MR) is 59.5 cm³/mol. The topological polar surface area (TPSA) is 33.0 Å². The fourth-order valence-electron chi connectivity index (χ4n) is 1.70. The smallest absolute Gasteiger partial charge is 0.125 e. The molecule has 0 aliphatic carbocycles. The molecule has 2 rings (SSSR count). The van der Waals surface area contributed by atoms with Crippen LogP contribution in [0.2, 0.25) is 10.0 Å². The predicted octanol–water partition coefficient (Wildman–Crippen LogP) is 3.77. The average molecular weight is 242 g/mol. The number of hydrogen-bond donors (Lipinski definition) is 0. The second-order valence-electron chi connectivity index (χ2n) is 3.48. The Morgan fingerprint density at radius 2 is 2.07 bits per heavy atom. The molecular formula is C11H9Cl2NO. The van der Waals surface area contributed by atoms with Gasteiger partial charge in [-0.25, -0.2) is 0 Å². The number of nitrogens with zero attached hydrogens (tertiary/aromatic N) is 1. The van der Waals surface area contributed by atoms with Crippen LogP contribution in [0.25, 0.3) is 0 Å². The van der Waals surface area contributed by atoms with Crippen LogP contribution in [0.3, 0.4) is 0 Å². The highest BCUT2D eigenvalue weighted by Crippen LogP contribution is 2.38. The molecule has 0 N–H and O–H groups in total. The summed E-state index contributed by atoms with van der Waals surface area (Å²) < 4.78 is 5.52. The van der Waals surface area contributed by atoms with Gasteiger partial charge < -0.3 is 4.74 Å². The van der Waals surface area contributed by atoms with Crippen LogP contribution >= 0.6 is 23.2 Å². The lowest BCUT2D eigenvalue weighted by atomic mass is 9.96. The van der Waals surface area contributed by atoms with Crippen molar-refractivity contribution in [2.24, 2.45) is 0 Å². The first-order chi connectivity index (χ1) is 7.22. The molecule has 1 aliphatic rings. The summed E-state index contributed by atoms with van der Waals surface area (Å²) in [6.07, 6.45) is 1.68. The number of rotatable bonds is 0. The summed E-state index contributed by atoms with van der Waals surface area (Å²) in [6, 6.07) is 5.69. The third-order valence-electron chi connectivity index (χ3n) is 2.48. The van der Waals surface area contributed by atoms with Crippen molar-refractivity contribution in [3.8, 4) is 11.8 Å². The lowest BCUT2D eigenvalue weighted by Crippen LogP contribution is -1.95. The molecule has 1 aromatic rings. The Bertz CT molecular complexity index is 425. The average Bonchev–Trinajstić information content (AvgIpc) is 2.41. The highest BCUT2D eigenvalue weighted by molar-refractivity contribution is 6.42. The van der Waals surface area contributed by atoms with Crippen LogP contribution in [0.1, 0.15) is 24.3 Å². The minimum atomic E-state index is -0.141. The van der Waals surface area contributed by atoms with Crippen LogP contribution in [-0.2, 0) is 0 Å². The maximum atomic E-state index is 9.04. The third kappa shape index (κ3) is 2.04. The van der Waals surface area contributed by atoms with Crippen molar-refractivity contribution in [3.63, 3.8) is 0 Å². The molecule has 1 unspecified atom stereocenters. The van der Waals surface area contributed by atoms with Gasteiger partial charge in [0.15, 0.2) is 0 Å². The van der Waals surface area contributed by atoms with Crippen molar-refractivity contribution < 1.29 is 4.74 Å². The van der Waals surface area contributed by atoms with E-state index in [1.807, 2.05) is 0 Å². The van der Waals surface area contributed by atoms with Crippen molar-refractivity contribution in [3.05, 3.63) is 27.7 Å². The molecule has 2 nitrogen and oxygen atoms in total. The normalized spacial score (nSPS) is 19.7. The first kappa shape index (κ1) is 10.6. The van der Waals surface area contributed by atoms with Crippen molar-refractivity contribution >= 4 is 23.2 Å². The van der Waals surface area contributed by atoms with E-state index < -0.39 is 0 Å². The molecule has 0 bridgehead atoms. The van der Waals surface area contributed by atoms with Gasteiger partial charge in [-0.1, -0.05) is 23.2 Å². The van der Waals surface area contributed by atoms with E-state index in [4.69, 9.17) is 33.2 Å². The number of fused-ring (bicyclic) bond motifs is 1. The minimum Gasteiger partial charge on any atom is -0.493 e. The fourth-order valence-corrected chi connectivity index (χ4v) is 2.03. The van der Waals surface area contributed by atoms with E-state index in [0.29, 0.717) is 22.4 Å². The molecule has 0 spiro atoms. The van der Waals surface area contributed by atoms with Crippen molar-refractivity contribution in [1.82, 2.24) is 0 Å². The molecule has 0 saturated carbocycles. The zero-order chi connectivity index (χ0) is 10.8. The van der Waals surface area contributed by atoms with E-state index in [9.17, 15) is 0 Å². The lowest BCUT2D eigenvalue weighted by molar-refractivity contribution is 0.316. The highest BCUT2D eigenvalue weighted by Gasteiger charge is 2.20. The number of benzene rings is 1. The second kappa shape index (κ2) is 4.30. The maximum Gasteiger partial charge on any atom is 0.125 e. The Hall–Kier alpha value is -0.910. The first-order valence-electron chi connectivity index (χ1n) is 4.73. The number of nitriles is 1. The van der Waals surface area contributed by atoms with Gasteiger partial charge in [-0.05, 0) is 18.9 Å². The summed E-state index contributed by atoms with van der Waals surface area (Å²) in [5.41, 5.74) is 0.851. The van der Waals surface area contributed by atoms with Gasteiger partial charge in [-0.3, -0.25) is 0 Å². The van der Waals surface area contributed by atoms with Crippen LogP contribution in [0.5, 0.6) is 5.75 Å². The fraction of sp³-hybridized carbons (Fsp3) is 0.364. The number of ether oxygens (including phenoxy) is 1.